The molecule has 0 fully saturated rings. The van der Waals surface area contributed by atoms with Crippen molar-refractivity contribution in [1.82, 2.24) is 10.2 Å². The van der Waals surface area contributed by atoms with Gasteiger partial charge >= 0.3 is 12.4 Å². The Morgan fingerprint density at radius 2 is 1.51 bits per heavy atom. The Hall–Kier alpha value is -3.73. The first-order chi connectivity index (χ1) is 19.2. The maximum absolute atomic E-state index is 13.4. The number of nitrogens with zero attached hydrogens (tertiary/aromatic N) is 1. The van der Waals surface area contributed by atoms with E-state index >= 15 is 0 Å². The topological polar surface area (TPSA) is 58.6 Å². The molecule has 3 aromatic carbocycles. The van der Waals surface area contributed by atoms with E-state index in [9.17, 15) is 35.9 Å². The van der Waals surface area contributed by atoms with Crippen molar-refractivity contribution in [3.8, 4) is 5.75 Å². The lowest BCUT2D eigenvalue weighted by molar-refractivity contribution is -0.143. The van der Waals surface area contributed by atoms with Gasteiger partial charge in [0.05, 0.1) is 18.2 Å². The van der Waals surface area contributed by atoms with Crippen molar-refractivity contribution in [2.24, 2.45) is 0 Å². The van der Waals surface area contributed by atoms with Crippen LogP contribution in [0.25, 0.3) is 0 Å². The van der Waals surface area contributed by atoms with Crippen LogP contribution in [0.5, 0.6) is 5.75 Å². The molecule has 0 saturated heterocycles. The number of hydrogen-bond acceptors (Lipinski definition) is 3. The molecule has 220 valence electrons. The Kier molecular flexibility index (Phi) is 10.3. The van der Waals surface area contributed by atoms with E-state index < -0.39 is 41.0 Å². The molecule has 12 heteroatoms. The second kappa shape index (κ2) is 13.3. The van der Waals surface area contributed by atoms with Crippen molar-refractivity contribution in [2.75, 3.05) is 14.2 Å². The van der Waals surface area contributed by atoms with E-state index in [1.807, 2.05) is 0 Å². The third-order valence-electron chi connectivity index (χ3n) is 6.46. The number of carbonyl (C=O) groups excluding carboxylic acids is 2. The summed E-state index contributed by atoms with van der Waals surface area (Å²) in [5.41, 5.74) is -2.51. The number of methoxy groups -OCH3 is 1. The highest BCUT2D eigenvalue weighted by Gasteiger charge is 2.38. The average Bonchev–Trinajstić information content (AvgIpc) is 2.93. The fourth-order valence-electron chi connectivity index (χ4n) is 4.20. The van der Waals surface area contributed by atoms with E-state index in [0.29, 0.717) is 28.5 Å². The third-order valence-corrected chi connectivity index (χ3v) is 6.71. The van der Waals surface area contributed by atoms with Crippen LogP contribution in [-0.2, 0) is 30.1 Å². The van der Waals surface area contributed by atoms with Gasteiger partial charge in [-0.2, -0.15) is 26.3 Å². The van der Waals surface area contributed by atoms with Crippen LogP contribution >= 0.6 is 11.6 Å². The molecular formula is C29H27ClF6N2O3. The number of likely N-dealkylation sites (N-methyl/N-ethyl adjacent to an activating group) is 1. The summed E-state index contributed by atoms with van der Waals surface area (Å²) in [4.78, 5) is 27.0. The van der Waals surface area contributed by atoms with Crippen molar-refractivity contribution >= 4 is 23.4 Å². The van der Waals surface area contributed by atoms with E-state index in [1.165, 1.54) is 14.2 Å². The second-order valence-electron chi connectivity index (χ2n) is 9.32. The number of hydrogen-bond donors (Lipinski definition) is 1. The fourth-order valence-corrected chi connectivity index (χ4v) is 4.33. The molecule has 3 rings (SSSR count). The monoisotopic (exact) mass is 600 g/mol. The zero-order valence-corrected chi connectivity index (χ0v) is 22.8. The summed E-state index contributed by atoms with van der Waals surface area (Å²) in [6, 6.07) is 13.7. The lowest BCUT2D eigenvalue weighted by Gasteiger charge is -2.29. The predicted octanol–water partition coefficient (Wildman–Crippen LogP) is 7.17. The van der Waals surface area contributed by atoms with Gasteiger partial charge in [0.1, 0.15) is 5.75 Å². The minimum atomic E-state index is -5.10. The van der Waals surface area contributed by atoms with Crippen LogP contribution in [0, 0.1) is 0 Å². The van der Waals surface area contributed by atoms with E-state index in [-0.39, 0.29) is 37.8 Å². The van der Waals surface area contributed by atoms with Crippen molar-refractivity contribution < 1.29 is 40.7 Å². The number of halogens is 7. The maximum atomic E-state index is 13.4. The first-order valence-electron chi connectivity index (χ1n) is 12.4. The van der Waals surface area contributed by atoms with Gasteiger partial charge in [0, 0.05) is 42.2 Å². The SMILES string of the molecule is COc1ccccc1CNC(=O)CCC(Cc1ccc(Cl)cc1)N(C)C(=O)c1cc(C(F)(F)F)cc(C(F)(F)F)c1. The fraction of sp³-hybridized carbons (Fsp3) is 0.310. The number of carbonyl (C=O) groups is 2. The molecule has 3 aromatic rings. The summed E-state index contributed by atoms with van der Waals surface area (Å²) in [5, 5.41) is 3.21. The van der Waals surface area contributed by atoms with Crippen molar-refractivity contribution in [2.45, 2.75) is 44.2 Å². The molecule has 0 saturated carbocycles. The average molecular weight is 601 g/mol. The first kappa shape index (κ1) is 31.8. The summed E-state index contributed by atoms with van der Waals surface area (Å²) < 4.78 is 85.5. The summed E-state index contributed by atoms with van der Waals surface area (Å²) >= 11 is 5.94. The molecular weight excluding hydrogens is 574 g/mol. The number of benzene rings is 3. The summed E-state index contributed by atoms with van der Waals surface area (Å²) in [6.07, 6.45) is -10.0. The zero-order chi connectivity index (χ0) is 30.4. The lowest BCUT2D eigenvalue weighted by Crippen LogP contribution is -2.39. The van der Waals surface area contributed by atoms with E-state index in [1.54, 1.807) is 48.5 Å². The number of alkyl halides is 6. The minimum Gasteiger partial charge on any atom is -0.496 e. The molecule has 0 heterocycles. The third kappa shape index (κ3) is 8.88. The second-order valence-corrected chi connectivity index (χ2v) is 9.76. The molecule has 0 aliphatic heterocycles. The van der Waals surface area contributed by atoms with E-state index in [4.69, 9.17) is 16.3 Å². The quantitative estimate of drug-likeness (QED) is 0.251. The Morgan fingerprint density at radius 3 is 2.07 bits per heavy atom. The van der Waals surface area contributed by atoms with Gasteiger partial charge in [-0.1, -0.05) is 41.9 Å². The zero-order valence-electron chi connectivity index (χ0n) is 22.1. The number of para-hydroxylation sites is 1. The highest BCUT2D eigenvalue weighted by atomic mass is 35.5. The van der Waals surface area contributed by atoms with Crippen LogP contribution in [0.3, 0.4) is 0 Å². The molecule has 0 spiro atoms. The molecule has 0 aliphatic carbocycles. The number of rotatable bonds is 10. The maximum Gasteiger partial charge on any atom is 0.416 e. The van der Waals surface area contributed by atoms with Gasteiger partial charge in [0.25, 0.3) is 5.91 Å². The highest BCUT2D eigenvalue weighted by Crippen LogP contribution is 2.36. The minimum absolute atomic E-state index is 0.0337. The van der Waals surface area contributed by atoms with Crippen LogP contribution in [0.2, 0.25) is 5.02 Å². The molecule has 41 heavy (non-hydrogen) atoms. The predicted molar refractivity (Wildman–Crippen MR) is 142 cm³/mol. The summed E-state index contributed by atoms with van der Waals surface area (Å²) in [6.45, 7) is 0.171. The van der Waals surface area contributed by atoms with Gasteiger partial charge in [0.15, 0.2) is 0 Å². The molecule has 0 aromatic heterocycles. The van der Waals surface area contributed by atoms with Gasteiger partial charge < -0.3 is 15.0 Å². The van der Waals surface area contributed by atoms with Crippen molar-refractivity contribution in [1.29, 1.82) is 0 Å². The molecule has 0 aliphatic rings. The van der Waals surface area contributed by atoms with Crippen LogP contribution < -0.4 is 10.1 Å². The van der Waals surface area contributed by atoms with Crippen molar-refractivity contribution in [3.05, 3.63) is 99.6 Å². The van der Waals surface area contributed by atoms with Gasteiger partial charge in [-0.05, 0) is 54.8 Å². The molecule has 1 unspecified atom stereocenters. The first-order valence-corrected chi connectivity index (χ1v) is 12.8. The lowest BCUT2D eigenvalue weighted by atomic mass is 9.98. The van der Waals surface area contributed by atoms with Crippen molar-refractivity contribution in [3.63, 3.8) is 0 Å². The van der Waals surface area contributed by atoms with Crippen LogP contribution in [-0.4, -0.2) is 36.9 Å². The number of ether oxygens (including phenoxy) is 1. The van der Waals surface area contributed by atoms with Crippen LogP contribution in [0.15, 0.2) is 66.7 Å². The summed E-state index contributed by atoms with van der Waals surface area (Å²) in [7, 11) is 2.78. The Labute approximate surface area is 238 Å². The Morgan fingerprint density at radius 1 is 0.927 bits per heavy atom. The highest BCUT2D eigenvalue weighted by molar-refractivity contribution is 6.30. The largest absolute Gasteiger partial charge is 0.496 e. The molecule has 1 N–H and O–H groups in total. The van der Waals surface area contributed by atoms with E-state index in [2.05, 4.69) is 5.32 Å². The molecule has 0 bridgehead atoms. The van der Waals surface area contributed by atoms with Gasteiger partial charge in [0.2, 0.25) is 5.91 Å². The van der Waals surface area contributed by atoms with Crippen LogP contribution in [0.4, 0.5) is 26.3 Å². The van der Waals surface area contributed by atoms with Crippen LogP contribution in [0.1, 0.15) is 45.5 Å². The smallest absolute Gasteiger partial charge is 0.416 e. The van der Waals surface area contributed by atoms with Gasteiger partial charge in [-0.25, -0.2) is 0 Å². The number of amides is 2. The van der Waals surface area contributed by atoms with Gasteiger partial charge in [-0.15, -0.1) is 0 Å². The molecule has 1 atom stereocenters. The molecule has 0 radical (unpaired) electrons. The Bertz CT molecular complexity index is 1330. The summed E-state index contributed by atoms with van der Waals surface area (Å²) in [5.74, 6) is -0.829. The Balaban J connectivity index is 1.83. The molecule has 5 nitrogen and oxygen atoms in total. The van der Waals surface area contributed by atoms with E-state index in [0.717, 1.165) is 10.5 Å². The normalized spacial score (nSPS) is 12.5. The molecule has 2 amide bonds. The van der Waals surface area contributed by atoms with Gasteiger partial charge in [-0.3, -0.25) is 9.59 Å². The number of nitrogens with one attached hydrogen (secondary N) is 1. The standard InChI is InChI=1S/C29H27ClF6N2O3/c1-38(27(40)20-14-21(28(31,32)33)16-22(15-20)29(34,35)36)24(13-18-7-9-23(30)10-8-18)11-12-26(39)37-17-19-5-3-4-6-25(19)41-2/h3-10,14-16,24H,11-13,17H2,1-2H3,(H,37,39).